The Labute approximate surface area is 154 Å². The first-order valence-corrected chi connectivity index (χ1v) is 9.90. The third-order valence-corrected chi connectivity index (χ3v) is 5.78. The lowest BCUT2D eigenvalue weighted by atomic mass is 10.3. The molecular weight excluding hydrogens is 391 g/mol. The lowest BCUT2D eigenvalue weighted by molar-refractivity contribution is -0.115. The van der Waals surface area contributed by atoms with Crippen LogP contribution in [0.15, 0.2) is 52.3 Å². The van der Waals surface area contributed by atoms with Crippen molar-refractivity contribution in [1.29, 1.82) is 0 Å². The summed E-state index contributed by atoms with van der Waals surface area (Å²) in [6.45, 7) is 1.73. The van der Waals surface area contributed by atoms with E-state index in [0.717, 1.165) is 0 Å². The molecule has 0 heterocycles. The topological polar surface area (TPSA) is 89.3 Å². The molecule has 2 aromatic carbocycles. The number of thioether (sulfide) groups is 1. The number of halogens is 2. The van der Waals surface area contributed by atoms with Crippen LogP contribution >= 0.6 is 35.0 Å². The van der Waals surface area contributed by atoms with E-state index >= 15 is 0 Å². The van der Waals surface area contributed by atoms with Crippen LogP contribution < -0.4 is 10.5 Å². The van der Waals surface area contributed by atoms with Gasteiger partial charge in [0.1, 0.15) is 0 Å². The Balaban J connectivity index is 2.05. The molecule has 0 bridgehead atoms. The summed E-state index contributed by atoms with van der Waals surface area (Å²) in [4.78, 5) is 12.9. The number of anilines is 1. The molecule has 0 unspecified atom stereocenters. The summed E-state index contributed by atoms with van der Waals surface area (Å²) in [7, 11) is -3.76. The predicted octanol–water partition coefficient (Wildman–Crippen LogP) is 3.76. The van der Waals surface area contributed by atoms with Crippen LogP contribution in [0.3, 0.4) is 0 Å². The molecule has 0 saturated carbocycles. The van der Waals surface area contributed by atoms with Crippen LogP contribution in [0.2, 0.25) is 10.0 Å². The Hall–Kier alpha value is -1.25. The van der Waals surface area contributed by atoms with Crippen LogP contribution in [-0.2, 0) is 14.8 Å². The van der Waals surface area contributed by atoms with E-state index in [9.17, 15) is 13.2 Å². The number of carbonyl (C=O) groups is 1. The zero-order chi connectivity index (χ0) is 17.9. The van der Waals surface area contributed by atoms with E-state index in [1.165, 1.54) is 36.0 Å². The highest BCUT2D eigenvalue weighted by molar-refractivity contribution is 8.00. The Morgan fingerprint density at radius 1 is 1.17 bits per heavy atom. The first kappa shape index (κ1) is 19.1. The van der Waals surface area contributed by atoms with Gasteiger partial charge in [0.25, 0.3) is 0 Å². The maximum atomic E-state index is 12.2. The van der Waals surface area contributed by atoms with Gasteiger partial charge in [-0.15, -0.1) is 11.8 Å². The fourth-order valence-corrected chi connectivity index (χ4v) is 3.71. The molecule has 0 radical (unpaired) electrons. The largest absolute Gasteiger partial charge is 0.325 e. The molecule has 128 valence electrons. The Kier molecular flexibility index (Phi) is 6.17. The molecule has 0 spiro atoms. The monoisotopic (exact) mass is 404 g/mol. The minimum atomic E-state index is -3.76. The van der Waals surface area contributed by atoms with Crippen molar-refractivity contribution in [3.63, 3.8) is 0 Å². The van der Waals surface area contributed by atoms with Gasteiger partial charge in [-0.25, -0.2) is 13.6 Å². The van der Waals surface area contributed by atoms with Gasteiger partial charge in [0.15, 0.2) is 0 Å². The van der Waals surface area contributed by atoms with E-state index in [-0.39, 0.29) is 10.8 Å². The van der Waals surface area contributed by atoms with Crippen molar-refractivity contribution in [2.75, 3.05) is 5.32 Å². The molecule has 0 aliphatic heterocycles. The van der Waals surface area contributed by atoms with Crippen molar-refractivity contribution in [3.8, 4) is 0 Å². The first-order valence-electron chi connectivity index (χ1n) is 6.72. The molecule has 2 rings (SSSR count). The van der Waals surface area contributed by atoms with Crippen LogP contribution in [0.1, 0.15) is 6.92 Å². The van der Waals surface area contributed by atoms with Gasteiger partial charge < -0.3 is 5.32 Å². The molecule has 24 heavy (non-hydrogen) atoms. The third-order valence-electron chi connectivity index (χ3n) is 3.02. The van der Waals surface area contributed by atoms with Gasteiger partial charge in [0.2, 0.25) is 15.9 Å². The van der Waals surface area contributed by atoms with Gasteiger partial charge in [-0.05, 0) is 49.4 Å². The number of primary sulfonamides is 1. The van der Waals surface area contributed by atoms with E-state index in [1.54, 1.807) is 25.1 Å². The standard InChI is InChI=1S/C15H14Cl2N2O3S2/c1-9(23-14-8-10(16)2-7-13(14)17)15(20)19-11-3-5-12(6-4-11)24(18,21)22/h2-9H,1H3,(H,19,20)(H2,18,21,22)/t9-/m0/s1. The van der Waals surface area contributed by atoms with E-state index in [1.807, 2.05) is 0 Å². The maximum absolute atomic E-state index is 12.2. The molecule has 0 fully saturated rings. The second-order valence-corrected chi connectivity index (χ2v) is 8.68. The number of carbonyl (C=O) groups excluding carboxylic acids is 1. The van der Waals surface area contributed by atoms with E-state index in [4.69, 9.17) is 28.3 Å². The van der Waals surface area contributed by atoms with E-state index < -0.39 is 15.3 Å². The van der Waals surface area contributed by atoms with E-state index in [0.29, 0.717) is 20.6 Å². The SMILES string of the molecule is C[C@H](Sc1cc(Cl)ccc1Cl)C(=O)Nc1ccc(S(N)(=O)=O)cc1. The Morgan fingerprint density at radius 2 is 1.79 bits per heavy atom. The molecule has 3 N–H and O–H groups in total. The summed E-state index contributed by atoms with van der Waals surface area (Å²) in [5.74, 6) is -0.251. The van der Waals surface area contributed by atoms with Gasteiger partial charge in [-0.1, -0.05) is 23.2 Å². The highest BCUT2D eigenvalue weighted by Crippen LogP contribution is 2.33. The van der Waals surface area contributed by atoms with Crippen molar-refractivity contribution in [2.45, 2.75) is 22.0 Å². The first-order chi connectivity index (χ1) is 11.2. The quantitative estimate of drug-likeness (QED) is 0.742. The molecule has 0 saturated heterocycles. The molecule has 9 heteroatoms. The average Bonchev–Trinajstić information content (AvgIpc) is 2.50. The summed E-state index contributed by atoms with van der Waals surface area (Å²) in [6, 6.07) is 10.6. The summed E-state index contributed by atoms with van der Waals surface area (Å²) >= 11 is 13.3. The number of nitrogens with one attached hydrogen (secondary N) is 1. The lowest BCUT2D eigenvalue weighted by Gasteiger charge is -2.13. The van der Waals surface area contributed by atoms with Crippen molar-refractivity contribution < 1.29 is 13.2 Å². The van der Waals surface area contributed by atoms with Gasteiger partial charge >= 0.3 is 0 Å². The molecule has 2 aromatic rings. The van der Waals surface area contributed by atoms with Crippen LogP contribution in [-0.4, -0.2) is 19.6 Å². The van der Waals surface area contributed by atoms with Crippen LogP contribution in [0.5, 0.6) is 0 Å². The van der Waals surface area contributed by atoms with Crippen LogP contribution in [0, 0.1) is 0 Å². The Morgan fingerprint density at radius 3 is 2.38 bits per heavy atom. The van der Waals surface area contributed by atoms with Crippen molar-refractivity contribution >= 4 is 56.6 Å². The van der Waals surface area contributed by atoms with Crippen LogP contribution in [0.25, 0.3) is 0 Å². The second kappa shape index (κ2) is 7.76. The minimum Gasteiger partial charge on any atom is -0.325 e. The summed E-state index contributed by atoms with van der Waals surface area (Å²) in [6.07, 6.45) is 0. The normalized spacial score (nSPS) is 12.7. The van der Waals surface area contributed by atoms with Crippen molar-refractivity contribution in [1.82, 2.24) is 0 Å². The van der Waals surface area contributed by atoms with Crippen LogP contribution in [0.4, 0.5) is 5.69 Å². The van der Waals surface area contributed by atoms with Gasteiger partial charge in [-0.3, -0.25) is 4.79 Å². The summed E-state index contributed by atoms with van der Waals surface area (Å²) < 4.78 is 22.4. The number of rotatable bonds is 5. The number of hydrogen-bond donors (Lipinski definition) is 2. The molecule has 0 aliphatic rings. The molecular formula is C15H14Cl2N2O3S2. The number of nitrogens with two attached hydrogens (primary N) is 1. The highest BCUT2D eigenvalue weighted by Gasteiger charge is 2.17. The minimum absolute atomic E-state index is 0.0198. The number of sulfonamides is 1. The fraction of sp³-hybridized carbons (Fsp3) is 0.133. The van der Waals surface area contributed by atoms with Gasteiger partial charge in [0.05, 0.1) is 15.2 Å². The molecule has 1 atom stereocenters. The summed E-state index contributed by atoms with van der Waals surface area (Å²) in [5, 5.41) is 8.35. The molecule has 0 aliphatic carbocycles. The highest BCUT2D eigenvalue weighted by atomic mass is 35.5. The van der Waals surface area contributed by atoms with Gasteiger partial charge in [0, 0.05) is 15.6 Å². The average molecular weight is 405 g/mol. The Bertz CT molecular complexity index is 856. The zero-order valence-corrected chi connectivity index (χ0v) is 15.6. The second-order valence-electron chi connectivity index (χ2n) is 4.89. The van der Waals surface area contributed by atoms with Crippen molar-refractivity contribution in [2.24, 2.45) is 5.14 Å². The third kappa shape index (κ3) is 5.12. The molecule has 1 amide bonds. The summed E-state index contributed by atoms with van der Waals surface area (Å²) in [5.41, 5.74) is 0.469. The smallest absolute Gasteiger partial charge is 0.238 e. The molecule has 0 aromatic heterocycles. The fourth-order valence-electron chi connectivity index (χ4n) is 1.78. The zero-order valence-electron chi connectivity index (χ0n) is 12.5. The maximum Gasteiger partial charge on any atom is 0.238 e. The predicted molar refractivity (Wildman–Crippen MR) is 98.2 cm³/mol. The number of hydrogen-bond acceptors (Lipinski definition) is 4. The van der Waals surface area contributed by atoms with Gasteiger partial charge in [-0.2, -0.15) is 0 Å². The lowest BCUT2D eigenvalue weighted by Crippen LogP contribution is -2.22. The molecule has 5 nitrogen and oxygen atoms in total. The van der Waals surface area contributed by atoms with E-state index in [2.05, 4.69) is 5.32 Å². The number of amides is 1. The van der Waals surface area contributed by atoms with Crippen molar-refractivity contribution in [3.05, 3.63) is 52.5 Å². The number of benzene rings is 2.